The third-order valence-corrected chi connectivity index (χ3v) is 5.38. The summed E-state index contributed by atoms with van der Waals surface area (Å²) in [7, 11) is 0. The molecule has 0 bridgehead atoms. The molecule has 2 aliphatic rings. The van der Waals surface area contributed by atoms with Gasteiger partial charge in [0, 0.05) is 26.1 Å². The van der Waals surface area contributed by atoms with Crippen LogP contribution in [0.2, 0.25) is 0 Å². The van der Waals surface area contributed by atoms with Crippen molar-refractivity contribution in [2.45, 2.75) is 32.1 Å². The number of piperidine rings is 1. The van der Waals surface area contributed by atoms with Crippen molar-refractivity contribution in [1.82, 2.24) is 9.88 Å². The summed E-state index contributed by atoms with van der Waals surface area (Å²) in [4.78, 5) is 44.8. The minimum atomic E-state index is -0.288. The highest BCUT2D eigenvalue weighted by atomic mass is 16.2. The molecule has 4 rings (SSSR count). The third kappa shape index (κ3) is 4.13. The summed E-state index contributed by atoms with van der Waals surface area (Å²) in [5.74, 6) is 0.203. The van der Waals surface area contributed by atoms with Gasteiger partial charge in [0.2, 0.25) is 5.91 Å². The molecule has 29 heavy (non-hydrogen) atoms. The minimum Gasteiger partial charge on any atom is -0.357 e. The van der Waals surface area contributed by atoms with E-state index in [9.17, 15) is 14.4 Å². The first-order valence-electron chi connectivity index (χ1n) is 10.1. The molecule has 1 N–H and O–H groups in total. The van der Waals surface area contributed by atoms with Crippen molar-refractivity contribution in [2.75, 3.05) is 29.9 Å². The van der Waals surface area contributed by atoms with Gasteiger partial charge in [-0.05, 0) is 49.9 Å². The van der Waals surface area contributed by atoms with Crippen molar-refractivity contribution in [3.05, 3.63) is 53.7 Å². The molecule has 0 radical (unpaired) electrons. The molecule has 1 fully saturated rings. The number of fused-ring (bicyclic) bond motifs is 1. The maximum Gasteiger partial charge on any atom is 0.261 e. The van der Waals surface area contributed by atoms with Crippen LogP contribution >= 0.6 is 0 Å². The van der Waals surface area contributed by atoms with Crippen molar-refractivity contribution in [3.63, 3.8) is 0 Å². The first kappa shape index (κ1) is 19.1. The molecule has 7 heteroatoms. The lowest BCUT2D eigenvalue weighted by Gasteiger charge is -2.27. The number of rotatable bonds is 6. The summed E-state index contributed by atoms with van der Waals surface area (Å²) in [6, 6.07) is 10.6. The van der Waals surface area contributed by atoms with Gasteiger partial charge in [0.1, 0.15) is 5.82 Å². The van der Waals surface area contributed by atoms with Gasteiger partial charge in [-0.2, -0.15) is 0 Å². The summed E-state index contributed by atoms with van der Waals surface area (Å²) in [5.41, 5.74) is 1.51. The lowest BCUT2D eigenvalue weighted by Crippen LogP contribution is -2.31. The van der Waals surface area contributed by atoms with E-state index in [1.165, 1.54) is 24.2 Å². The number of anilines is 2. The zero-order valence-electron chi connectivity index (χ0n) is 16.3. The zero-order valence-corrected chi connectivity index (χ0v) is 16.3. The maximum absolute atomic E-state index is 12.3. The van der Waals surface area contributed by atoms with Crippen LogP contribution in [-0.2, 0) is 4.79 Å². The summed E-state index contributed by atoms with van der Waals surface area (Å²) >= 11 is 0. The number of aromatic nitrogens is 1. The summed E-state index contributed by atoms with van der Waals surface area (Å²) < 4.78 is 0. The van der Waals surface area contributed by atoms with Crippen LogP contribution in [0, 0.1) is 0 Å². The summed E-state index contributed by atoms with van der Waals surface area (Å²) in [6.07, 6.45) is 5.95. The number of carbonyl (C=O) groups is 3. The molecule has 0 atom stereocenters. The van der Waals surface area contributed by atoms with Gasteiger partial charge in [-0.15, -0.1) is 0 Å². The Morgan fingerprint density at radius 1 is 0.966 bits per heavy atom. The average molecular weight is 392 g/mol. The average Bonchev–Trinajstić information content (AvgIpc) is 3.00. The van der Waals surface area contributed by atoms with E-state index in [0.717, 1.165) is 18.9 Å². The minimum absolute atomic E-state index is 0.158. The van der Waals surface area contributed by atoms with Gasteiger partial charge < -0.3 is 10.2 Å². The van der Waals surface area contributed by atoms with Gasteiger partial charge in [-0.25, -0.2) is 4.98 Å². The Morgan fingerprint density at radius 3 is 2.28 bits per heavy atom. The van der Waals surface area contributed by atoms with Crippen LogP contribution in [-0.4, -0.2) is 47.2 Å². The highest BCUT2D eigenvalue weighted by Gasteiger charge is 2.34. The van der Waals surface area contributed by atoms with E-state index >= 15 is 0 Å². The fourth-order valence-electron chi connectivity index (χ4n) is 3.83. The van der Waals surface area contributed by atoms with Crippen molar-refractivity contribution in [1.29, 1.82) is 0 Å². The van der Waals surface area contributed by atoms with Gasteiger partial charge in [0.25, 0.3) is 11.8 Å². The fourth-order valence-corrected chi connectivity index (χ4v) is 3.83. The maximum atomic E-state index is 12.3. The van der Waals surface area contributed by atoms with E-state index in [4.69, 9.17) is 0 Å². The third-order valence-electron chi connectivity index (χ3n) is 5.38. The number of hydrogen-bond acceptors (Lipinski definition) is 5. The molecule has 2 aliphatic heterocycles. The molecule has 1 saturated heterocycles. The van der Waals surface area contributed by atoms with Crippen molar-refractivity contribution < 1.29 is 14.4 Å². The van der Waals surface area contributed by atoms with Crippen LogP contribution in [0.1, 0.15) is 52.8 Å². The Balaban J connectivity index is 1.25. The highest BCUT2D eigenvalue weighted by molar-refractivity contribution is 6.21. The quantitative estimate of drug-likeness (QED) is 0.764. The molecule has 0 unspecified atom stereocenters. The topological polar surface area (TPSA) is 82.6 Å². The number of benzene rings is 1. The first-order valence-corrected chi connectivity index (χ1v) is 10.1. The molecule has 3 heterocycles. The number of amides is 3. The van der Waals surface area contributed by atoms with Crippen molar-refractivity contribution in [3.8, 4) is 0 Å². The van der Waals surface area contributed by atoms with Crippen LogP contribution in [0.4, 0.5) is 11.5 Å². The van der Waals surface area contributed by atoms with Crippen LogP contribution in [0.3, 0.4) is 0 Å². The Hall–Kier alpha value is -3.22. The number of carbonyl (C=O) groups excluding carboxylic acids is 3. The molecule has 7 nitrogen and oxygen atoms in total. The summed E-state index contributed by atoms with van der Waals surface area (Å²) in [5, 5.41) is 2.83. The molecule has 0 saturated carbocycles. The lowest BCUT2D eigenvalue weighted by molar-refractivity contribution is -0.116. The Kier molecular flexibility index (Phi) is 5.55. The molecule has 2 aromatic rings. The monoisotopic (exact) mass is 392 g/mol. The molecule has 0 spiro atoms. The van der Waals surface area contributed by atoms with E-state index in [-0.39, 0.29) is 30.7 Å². The smallest absolute Gasteiger partial charge is 0.261 e. The lowest BCUT2D eigenvalue weighted by atomic mass is 10.1. The second-order valence-electron chi connectivity index (χ2n) is 7.41. The van der Waals surface area contributed by atoms with E-state index in [2.05, 4.69) is 15.2 Å². The van der Waals surface area contributed by atoms with Gasteiger partial charge >= 0.3 is 0 Å². The van der Waals surface area contributed by atoms with Crippen molar-refractivity contribution in [2.24, 2.45) is 0 Å². The van der Waals surface area contributed by atoms with Crippen LogP contribution in [0.25, 0.3) is 0 Å². The molecule has 150 valence electrons. The van der Waals surface area contributed by atoms with Crippen LogP contribution in [0.5, 0.6) is 0 Å². The standard InChI is InChI=1S/C22H24N4O3/c27-20(24-16-10-11-19(23-15-16)25-12-4-1-5-13-25)9-6-14-26-21(28)17-7-2-3-8-18(17)22(26)29/h2-3,7-8,10-11,15H,1,4-6,9,12-14H2,(H,24,27). The number of nitrogens with one attached hydrogen (secondary N) is 1. The van der Waals surface area contributed by atoms with Gasteiger partial charge in [0.15, 0.2) is 0 Å². The fraction of sp³-hybridized carbons (Fsp3) is 0.364. The van der Waals surface area contributed by atoms with Gasteiger partial charge in [0.05, 0.1) is 23.0 Å². The first-order chi connectivity index (χ1) is 14.1. The van der Waals surface area contributed by atoms with Gasteiger partial charge in [-0.3, -0.25) is 19.3 Å². The second-order valence-corrected chi connectivity index (χ2v) is 7.41. The summed E-state index contributed by atoms with van der Waals surface area (Å²) in [6.45, 7) is 2.28. The Labute approximate surface area is 169 Å². The number of pyridine rings is 1. The molecule has 3 amide bonds. The highest BCUT2D eigenvalue weighted by Crippen LogP contribution is 2.23. The van der Waals surface area contributed by atoms with Crippen LogP contribution < -0.4 is 10.2 Å². The second kappa shape index (κ2) is 8.43. The molecule has 1 aromatic carbocycles. The van der Waals surface area contributed by atoms with Crippen LogP contribution in [0.15, 0.2) is 42.6 Å². The molecule has 1 aromatic heterocycles. The molecular formula is C22H24N4O3. The normalized spacial score (nSPS) is 16.1. The predicted octanol–water partition coefficient (Wildman–Crippen LogP) is 3.09. The SMILES string of the molecule is O=C(CCCN1C(=O)c2ccccc2C1=O)Nc1ccc(N2CCCCC2)nc1. The van der Waals surface area contributed by atoms with E-state index in [1.54, 1.807) is 30.5 Å². The Bertz CT molecular complexity index is 885. The van der Waals surface area contributed by atoms with Gasteiger partial charge in [-0.1, -0.05) is 12.1 Å². The van der Waals surface area contributed by atoms with E-state index < -0.39 is 0 Å². The molecule has 0 aliphatic carbocycles. The molecular weight excluding hydrogens is 368 g/mol. The predicted molar refractivity (Wildman–Crippen MR) is 110 cm³/mol. The zero-order chi connectivity index (χ0) is 20.2. The van der Waals surface area contributed by atoms with E-state index in [1.807, 2.05) is 12.1 Å². The number of hydrogen-bond donors (Lipinski definition) is 1. The number of nitrogens with zero attached hydrogens (tertiary/aromatic N) is 3. The van der Waals surface area contributed by atoms with Crippen molar-refractivity contribution >= 4 is 29.2 Å². The largest absolute Gasteiger partial charge is 0.357 e. The number of imide groups is 1. The Morgan fingerprint density at radius 2 is 1.66 bits per heavy atom. The van der Waals surface area contributed by atoms with E-state index in [0.29, 0.717) is 23.2 Å².